The van der Waals surface area contributed by atoms with Crippen molar-refractivity contribution < 1.29 is 4.79 Å². The van der Waals surface area contributed by atoms with Gasteiger partial charge < -0.3 is 5.32 Å². The number of carbonyl (C=O) groups excluding carboxylic acids is 1. The van der Waals surface area contributed by atoms with Crippen molar-refractivity contribution in [1.29, 1.82) is 0 Å². The number of pyridine rings is 1. The second kappa shape index (κ2) is 8.03. The maximum Gasteiger partial charge on any atom is 0.263 e. The molecule has 3 aromatic rings. The quantitative estimate of drug-likeness (QED) is 0.722. The highest BCUT2D eigenvalue weighted by molar-refractivity contribution is 7.17. The molecule has 4 nitrogen and oxygen atoms in total. The van der Waals surface area contributed by atoms with Crippen LogP contribution in [0.3, 0.4) is 0 Å². The van der Waals surface area contributed by atoms with E-state index < -0.39 is 0 Å². The molecule has 3 rings (SSSR count). The Morgan fingerprint density at radius 2 is 2.00 bits per heavy atom. The highest BCUT2D eigenvalue weighted by Crippen LogP contribution is 2.27. The lowest BCUT2D eigenvalue weighted by atomic mass is 10.1. The molecule has 0 saturated heterocycles. The van der Waals surface area contributed by atoms with Gasteiger partial charge in [0.2, 0.25) is 0 Å². The minimum atomic E-state index is -0.0503. The maximum atomic E-state index is 12.6. The standard InChI is InChI=1S/C20H21N3OS/c1-14(10-11-16-7-4-3-5-8-16)22-19(24)18-15(2)23-20(25-18)17-9-6-12-21-13-17/h3-9,12-14H,10-11H2,1-2H3,(H,22,24)/t14-/m1/s1. The molecule has 0 bridgehead atoms. The summed E-state index contributed by atoms with van der Waals surface area (Å²) in [5, 5.41) is 3.91. The number of nitrogens with zero attached hydrogens (tertiary/aromatic N) is 2. The monoisotopic (exact) mass is 351 g/mol. The summed E-state index contributed by atoms with van der Waals surface area (Å²) in [5.41, 5.74) is 2.99. The largest absolute Gasteiger partial charge is 0.349 e. The van der Waals surface area contributed by atoms with Crippen molar-refractivity contribution in [1.82, 2.24) is 15.3 Å². The maximum absolute atomic E-state index is 12.6. The van der Waals surface area contributed by atoms with Crippen molar-refractivity contribution in [2.75, 3.05) is 0 Å². The Morgan fingerprint density at radius 1 is 1.20 bits per heavy atom. The van der Waals surface area contributed by atoms with Crippen LogP contribution >= 0.6 is 11.3 Å². The number of aryl methyl sites for hydroxylation is 2. The predicted octanol–water partition coefficient (Wildman–Crippen LogP) is 4.26. The molecule has 1 atom stereocenters. The summed E-state index contributed by atoms with van der Waals surface area (Å²) in [6, 6.07) is 14.3. The molecule has 2 heterocycles. The van der Waals surface area contributed by atoms with Crippen LogP contribution in [0.15, 0.2) is 54.9 Å². The second-order valence-corrected chi connectivity index (χ2v) is 7.07. The lowest BCUT2D eigenvalue weighted by Gasteiger charge is -2.13. The van der Waals surface area contributed by atoms with Gasteiger partial charge in [0.1, 0.15) is 9.88 Å². The number of hydrogen-bond donors (Lipinski definition) is 1. The van der Waals surface area contributed by atoms with Crippen molar-refractivity contribution in [2.24, 2.45) is 0 Å². The van der Waals surface area contributed by atoms with Crippen molar-refractivity contribution in [3.8, 4) is 10.6 Å². The molecule has 1 aromatic carbocycles. The molecule has 25 heavy (non-hydrogen) atoms. The van der Waals surface area contributed by atoms with Crippen molar-refractivity contribution >= 4 is 17.2 Å². The Balaban J connectivity index is 1.62. The molecular formula is C20H21N3OS. The van der Waals surface area contributed by atoms with E-state index in [9.17, 15) is 4.79 Å². The molecule has 0 unspecified atom stereocenters. The van der Waals surface area contributed by atoms with Crippen LogP contribution in [-0.2, 0) is 6.42 Å². The van der Waals surface area contributed by atoms with Gasteiger partial charge in [-0.05, 0) is 44.4 Å². The highest BCUT2D eigenvalue weighted by Gasteiger charge is 2.17. The molecule has 128 valence electrons. The van der Waals surface area contributed by atoms with Crippen LogP contribution in [0.25, 0.3) is 10.6 Å². The third-order valence-corrected chi connectivity index (χ3v) is 5.20. The average Bonchev–Trinajstić information content (AvgIpc) is 3.03. The van der Waals surface area contributed by atoms with Gasteiger partial charge in [-0.2, -0.15) is 0 Å². The summed E-state index contributed by atoms with van der Waals surface area (Å²) in [5.74, 6) is -0.0503. The van der Waals surface area contributed by atoms with Gasteiger partial charge in [0, 0.05) is 24.0 Å². The van der Waals surface area contributed by atoms with Gasteiger partial charge in [0.25, 0.3) is 5.91 Å². The van der Waals surface area contributed by atoms with E-state index in [1.807, 2.05) is 44.2 Å². The molecule has 5 heteroatoms. The first-order valence-electron chi connectivity index (χ1n) is 8.36. The fourth-order valence-electron chi connectivity index (χ4n) is 2.61. The van der Waals surface area contributed by atoms with Crippen LogP contribution in [0.1, 0.15) is 34.3 Å². The Labute approximate surface area is 152 Å². The van der Waals surface area contributed by atoms with E-state index in [-0.39, 0.29) is 11.9 Å². The number of aromatic nitrogens is 2. The zero-order chi connectivity index (χ0) is 17.6. The van der Waals surface area contributed by atoms with E-state index in [2.05, 4.69) is 27.4 Å². The molecule has 0 spiro atoms. The van der Waals surface area contributed by atoms with E-state index in [0.29, 0.717) is 4.88 Å². The van der Waals surface area contributed by atoms with Gasteiger partial charge in [-0.1, -0.05) is 30.3 Å². The molecule has 0 aliphatic rings. The first-order chi connectivity index (χ1) is 12.1. The van der Waals surface area contributed by atoms with Crippen molar-refractivity contribution in [3.05, 3.63) is 71.0 Å². The van der Waals surface area contributed by atoms with E-state index >= 15 is 0 Å². The summed E-state index contributed by atoms with van der Waals surface area (Å²) in [6.07, 6.45) is 5.35. The summed E-state index contributed by atoms with van der Waals surface area (Å²) in [7, 11) is 0. The number of nitrogens with one attached hydrogen (secondary N) is 1. The third kappa shape index (κ3) is 4.51. The molecule has 0 fully saturated rings. The first-order valence-corrected chi connectivity index (χ1v) is 9.18. The van der Waals surface area contributed by atoms with Crippen LogP contribution in [-0.4, -0.2) is 21.9 Å². The summed E-state index contributed by atoms with van der Waals surface area (Å²) >= 11 is 1.41. The lowest BCUT2D eigenvalue weighted by molar-refractivity contribution is 0.0942. The van der Waals surface area contributed by atoms with Gasteiger partial charge in [-0.3, -0.25) is 9.78 Å². The van der Waals surface area contributed by atoms with Crippen LogP contribution in [0.2, 0.25) is 0 Å². The van der Waals surface area contributed by atoms with Crippen molar-refractivity contribution in [2.45, 2.75) is 32.7 Å². The molecule has 1 amide bonds. The third-order valence-electron chi connectivity index (χ3n) is 4.00. The topological polar surface area (TPSA) is 54.9 Å². The van der Waals surface area contributed by atoms with E-state index in [1.165, 1.54) is 16.9 Å². The molecule has 0 aliphatic heterocycles. The minimum Gasteiger partial charge on any atom is -0.349 e. The number of hydrogen-bond acceptors (Lipinski definition) is 4. The number of thiazole rings is 1. The normalized spacial score (nSPS) is 11.9. The van der Waals surface area contributed by atoms with Crippen molar-refractivity contribution in [3.63, 3.8) is 0 Å². The Bertz CT molecular complexity index is 831. The Kier molecular flexibility index (Phi) is 5.56. The fourth-order valence-corrected chi connectivity index (χ4v) is 3.57. The number of benzene rings is 1. The summed E-state index contributed by atoms with van der Waals surface area (Å²) in [6.45, 7) is 3.92. The molecular weight excluding hydrogens is 330 g/mol. The minimum absolute atomic E-state index is 0.0503. The van der Waals surface area contributed by atoms with Crippen LogP contribution in [0, 0.1) is 6.92 Å². The number of amides is 1. The first kappa shape index (κ1) is 17.3. The van der Waals surface area contributed by atoms with Crippen LogP contribution in [0.4, 0.5) is 0 Å². The lowest BCUT2D eigenvalue weighted by Crippen LogP contribution is -2.32. The van der Waals surface area contributed by atoms with Gasteiger partial charge in [0.15, 0.2) is 0 Å². The van der Waals surface area contributed by atoms with Gasteiger partial charge >= 0.3 is 0 Å². The SMILES string of the molecule is Cc1nc(-c2cccnc2)sc1C(=O)N[C@H](C)CCc1ccccc1. The molecule has 0 aliphatic carbocycles. The predicted molar refractivity (Wildman–Crippen MR) is 102 cm³/mol. The zero-order valence-electron chi connectivity index (χ0n) is 14.4. The van der Waals surface area contributed by atoms with Gasteiger partial charge in [0.05, 0.1) is 5.69 Å². The number of rotatable bonds is 6. The summed E-state index contributed by atoms with van der Waals surface area (Å²) < 4.78 is 0. The Morgan fingerprint density at radius 3 is 2.72 bits per heavy atom. The van der Waals surface area contributed by atoms with E-state index in [1.54, 1.807) is 12.4 Å². The summed E-state index contributed by atoms with van der Waals surface area (Å²) in [4.78, 5) is 21.9. The van der Waals surface area contributed by atoms with Gasteiger partial charge in [-0.25, -0.2) is 4.98 Å². The smallest absolute Gasteiger partial charge is 0.263 e. The molecule has 0 radical (unpaired) electrons. The van der Waals surface area contributed by atoms with E-state index in [0.717, 1.165) is 29.1 Å². The molecule has 1 N–H and O–H groups in total. The fraction of sp³-hybridized carbons (Fsp3) is 0.250. The van der Waals surface area contributed by atoms with Crippen LogP contribution < -0.4 is 5.32 Å². The van der Waals surface area contributed by atoms with E-state index in [4.69, 9.17) is 0 Å². The highest BCUT2D eigenvalue weighted by atomic mass is 32.1. The molecule has 0 saturated carbocycles. The van der Waals surface area contributed by atoms with Gasteiger partial charge in [-0.15, -0.1) is 11.3 Å². The second-order valence-electron chi connectivity index (χ2n) is 6.07. The number of carbonyl (C=O) groups is 1. The zero-order valence-corrected chi connectivity index (χ0v) is 15.2. The average molecular weight is 351 g/mol. The molecule has 2 aromatic heterocycles. The Hall–Kier alpha value is -2.53. The van der Waals surface area contributed by atoms with Crippen LogP contribution in [0.5, 0.6) is 0 Å².